The highest BCUT2D eigenvalue weighted by Gasteiger charge is 2.48. The van der Waals surface area contributed by atoms with Crippen molar-refractivity contribution in [3.05, 3.63) is 0 Å². The molecular formula is C16H24N2. The number of hydrogen-bond acceptors (Lipinski definition) is 2. The lowest BCUT2D eigenvalue weighted by molar-refractivity contribution is 0.0877. The summed E-state index contributed by atoms with van der Waals surface area (Å²) in [5, 5.41) is 19.5. The average Bonchev–Trinajstić information content (AvgIpc) is 2.44. The van der Waals surface area contributed by atoms with Gasteiger partial charge in [0.25, 0.3) is 0 Å². The van der Waals surface area contributed by atoms with Gasteiger partial charge in [-0.05, 0) is 37.0 Å². The Morgan fingerprint density at radius 1 is 0.833 bits per heavy atom. The highest BCUT2D eigenvalue weighted by molar-refractivity contribution is 5.20. The molecule has 2 atom stereocenters. The third-order valence-corrected chi connectivity index (χ3v) is 5.32. The van der Waals surface area contributed by atoms with Crippen molar-refractivity contribution in [3.8, 4) is 12.1 Å². The van der Waals surface area contributed by atoms with Crippen LogP contribution >= 0.6 is 0 Å². The summed E-state index contributed by atoms with van der Waals surface area (Å²) in [4.78, 5) is 0. The normalized spacial score (nSPS) is 30.4. The minimum absolute atomic E-state index is 0.310. The standard InChI is InChI=1S/C16H24N2/c1-13-7-5-6-10-15(13)16(11-17,12-18)14-8-3-2-4-9-14/h13-15H,2-10H2,1H3. The molecule has 0 aromatic carbocycles. The molecular weight excluding hydrogens is 220 g/mol. The molecule has 0 heterocycles. The second-order valence-electron chi connectivity index (χ2n) is 6.30. The maximum atomic E-state index is 9.73. The first-order valence-corrected chi connectivity index (χ1v) is 7.57. The summed E-state index contributed by atoms with van der Waals surface area (Å²) in [7, 11) is 0. The molecule has 0 radical (unpaired) electrons. The first-order valence-electron chi connectivity index (χ1n) is 7.57. The zero-order valence-corrected chi connectivity index (χ0v) is 11.5. The maximum Gasteiger partial charge on any atom is 0.149 e. The fraction of sp³-hybridized carbons (Fsp3) is 0.875. The molecule has 2 heteroatoms. The van der Waals surface area contributed by atoms with Crippen molar-refractivity contribution in [1.29, 1.82) is 10.5 Å². The van der Waals surface area contributed by atoms with Gasteiger partial charge in [-0.25, -0.2) is 0 Å². The molecule has 0 aromatic heterocycles. The molecule has 0 aliphatic heterocycles. The van der Waals surface area contributed by atoms with Crippen molar-refractivity contribution in [1.82, 2.24) is 0 Å². The third-order valence-electron chi connectivity index (χ3n) is 5.32. The van der Waals surface area contributed by atoms with Gasteiger partial charge in [-0.3, -0.25) is 0 Å². The predicted molar refractivity (Wildman–Crippen MR) is 71.4 cm³/mol. The Kier molecular flexibility index (Phi) is 4.28. The van der Waals surface area contributed by atoms with E-state index in [1.165, 1.54) is 38.5 Å². The summed E-state index contributed by atoms with van der Waals surface area (Å²) >= 11 is 0. The SMILES string of the molecule is CC1CCCCC1C(C#N)(C#N)C1CCCCC1. The zero-order chi connectivity index (χ0) is 13.0. The molecule has 0 aromatic rings. The summed E-state index contributed by atoms with van der Waals surface area (Å²) in [5.74, 6) is 1.18. The molecule has 2 unspecified atom stereocenters. The van der Waals surface area contributed by atoms with Crippen LogP contribution in [0.15, 0.2) is 0 Å². The first kappa shape index (κ1) is 13.4. The van der Waals surface area contributed by atoms with E-state index in [9.17, 15) is 10.5 Å². The minimum atomic E-state index is -0.694. The van der Waals surface area contributed by atoms with E-state index in [0.717, 1.165) is 19.3 Å². The van der Waals surface area contributed by atoms with Gasteiger partial charge in [0.2, 0.25) is 0 Å². The van der Waals surface area contributed by atoms with Crippen LogP contribution in [0.5, 0.6) is 0 Å². The number of rotatable bonds is 2. The van der Waals surface area contributed by atoms with Crippen LogP contribution in [0.25, 0.3) is 0 Å². The first-order chi connectivity index (χ1) is 8.74. The van der Waals surface area contributed by atoms with Crippen molar-refractivity contribution >= 4 is 0 Å². The monoisotopic (exact) mass is 244 g/mol. The van der Waals surface area contributed by atoms with Crippen LogP contribution in [0.4, 0.5) is 0 Å². The molecule has 2 aliphatic carbocycles. The van der Waals surface area contributed by atoms with Crippen LogP contribution in [0.2, 0.25) is 0 Å². The van der Waals surface area contributed by atoms with Crippen LogP contribution in [0.1, 0.15) is 64.7 Å². The van der Waals surface area contributed by atoms with Crippen molar-refractivity contribution < 1.29 is 0 Å². The van der Waals surface area contributed by atoms with Gasteiger partial charge in [0.15, 0.2) is 0 Å². The van der Waals surface area contributed by atoms with E-state index in [2.05, 4.69) is 19.1 Å². The number of nitrogens with zero attached hydrogens (tertiary/aromatic N) is 2. The van der Waals surface area contributed by atoms with Crippen molar-refractivity contribution in [2.75, 3.05) is 0 Å². The number of hydrogen-bond donors (Lipinski definition) is 0. The molecule has 2 fully saturated rings. The molecule has 0 bridgehead atoms. The van der Waals surface area contributed by atoms with Crippen LogP contribution in [0.3, 0.4) is 0 Å². The van der Waals surface area contributed by atoms with Gasteiger partial charge in [-0.1, -0.05) is 45.4 Å². The Bertz CT molecular complexity index is 340. The van der Waals surface area contributed by atoms with Gasteiger partial charge in [0.05, 0.1) is 12.1 Å². The van der Waals surface area contributed by atoms with Crippen molar-refractivity contribution in [2.45, 2.75) is 64.7 Å². The Labute approximate surface area is 111 Å². The Balaban J connectivity index is 2.25. The smallest absolute Gasteiger partial charge is 0.149 e. The van der Waals surface area contributed by atoms with Crippen LogP contribution in [-0.2, 0) is 0 Å². The van der Waals surface area contributed by atoms with Gasteiger partial charge >= 0.3 is 0 Å². The molecule has 98 valence electrons. The van der Waals surface area contributed by atoms with E-state index in [4.69, 9.17) is 0 Å². The summed E-state index contributed by atoms with van der Waals surface area (Å²) in [6.07, 6.45) is 10.6. The van der Waals surface area contributed by atoms with Crippen molar-refractivity contribution in [3.63, 3.8) is 0 Å². The lowest BCUT2D eigenvalue weighted by Crippen LogP contribution is -2.41. The molecule has 2 saturated carbocycles. The second kappa shape index (κ2) is 5.75. The fourth-order valence-corrected chi connectivity index (χ4v) is 4.23. The molecule has 0 saturated heterocycles. The molecule has 0 spiro atoms. The quantitative estimate of drug-likeness (QED) is 0.721. The molecule has 0 N–H and O–H groups in total. The van der Waals surface area contributed by atoms with E-state index in [0.29, 0.717) is 17.8 Å². The third kappa shape index (κ3) is 2.26. The summed E-state index contributed by atoms with van der Waals surface area (Å²) in [6, 6.07) is 4.95. The van der Waals surface area contributed by atoms with E-state index in [1.807, 2.05) is 0 Å². The topological polar surface area (TPSA) is 47.6 Å². The molecule has 0 amide bonds. The van der Waals surface area contributed by atoms with Crippen molar-refractivity contribution in [2.24, 2.45) is 23.2 Å². The molecule has 2 rings (SSSR count). The summed E-state index contributed by atoms with van der Waals surface area (Å²) in [5.41, 5.74) is -0.694. The lowest BCUT2D eigenvalue weighted by Gasteiger charge is -2.42. The van der Waals surface area contributed by atoms with Crippen LogP contribution in [0, 0.1) is 45.8 Å². The minimum Gasteiger partial charge on any atom is -0.197 e. The van der Waals surface area contributed by atoms with E-state index in [-0.39, 0.29) is 0 Å². The van der Waals surface area contributed by atoms with E-state index >= 15 is 0 Å². The molecule has 2 aliphatic rings. The van der Waals surface area contributed by atoms with E-state index in [1.54, 1.807) is 0 Å². The lowest BCUT2D eigenvalue weighted by atomic mass is 9.57. The average molecular weight is 244 g/mol. The van der Waals surface area contributed by atoms with Gasteiger partial charge in [0.1, 0.15) is 5.41 Å². The zero-order valence-electron chi connectivity index (χ0n) is 11.5. The van der Waals surface area contributed by atoms with Gasteiger partial charge in [0, 0.05) is 0 Å². The van der Waals surface area contributed by atoms with Crippen LogP contribution in [-0.4, -0.2) is 0 Å². The maximum absolute atomic E-state index is 9.73. The summed E-state index contributed by atoms with van der Waals surface area (Å²) in [6.45, 7) is 2.25. The fourth-order valence-electron chi connectivity index (χ4n) is 4.23. The van der Waals surface area contributed by atoms with Gasteiger partial charge < -0.3 is 0 Å². The van der Waals surface area contributed by atoms with Crippen LogP contribution < -0.4 is 0 Å². The highest BCUT2D eigenvalue weighted by Crippen LogP contribution is 2.50. The molecule has 18 heavy (non-hydrogen) atoms. The Hall–Kier alpha value is -1.02. The largest absolute Gasteiger partial charge is 0.197 e. The Morgan fingerprint density at radius 2 is 1.39 bits per heavy atom. The van der Waals surface area contributed by atoms with Gasteiger partial charge in [-0.2, -0.15) is 10.5 Å². The second-order valence-corrected chi connectivity index (χ2v) is 6.30. The predicted octanol–water partition coefficient (Wildman–Crippen LogP) is 4.43. The molecule has 2 nitrogen and oxygen atoms in total. The summed E-state index contributed by atoms with van der Waals surface area (Å²) < 4.78 is 0. The highest BCUT2D eigenvalue weighted by atomic mass is 14.5. The number of nitriles is 2. The van der Waals surface area contributed by atoms with Gasteiger partial charge in [-0.15, -0.1) is 0 Å². The van der Waals surface area contributed by atoms with E-state index < -0.39 is 5.41 Å². The Morgan fingerprint density at radius 3 is 1.94 bits per heavy atom.